The van der Waals surface area contributed by atoms with Crippen molar-refractivity contribution in [2.24, 2.45) is 33.1 Å². The average Bonchev–Trinajstić information content (AvgIpc) is 3.36. The van der Waals surface area contributed by atoms with Crippen LogP contribution in [0.25, 0.3) is 61.0 Å². The molecule has 4 atom stereocenters. The summed E-state index contributed by atoms with van der Waals surface area (Å²) in [7, 11) is 0. The first-order valence-electron chi connectivity index (χ1n) is 18.9. The van der Waals surface area contributed by atoms with Crippen molar-refractivity contribution in [2.45, 2.75) is 54.9 Å². The van der Waals surface area contributed by atoms with Crippen molar-refractivity contribution in [2.75, 3.05) is 0 Å². The van der Waals surface area contributed by atoms with Gasteiger partial charge in [0.2, 0.25) is 0 Å². The van der Waals surface area contributed by atoms with E-state index < -0.39 is 0 Å². The van der Waals surface area contributed by atoms with E-state index in [1.54, 1.807) is 6.20 Å². The summed E-state index contributed by atoms with van der Waals surface area (Å²) in [5.41, 5.74) is 14.5. The summed E-state index contributed by atoms with van der Waals surface area (Å²) in [5.74, 6) is 1.50. The molecule has 4 unspecified atom stereocenters. The van der Waals surface area contributed by atoms with Gasteiger partial charge in [-0.3, -0.25) is 0 Å². The number of rotatable bonds is 6. The second-order valence-electron chi connectivity index (χ2n) is 16.4. The average molecular weight is 679 g/mol. The van der Waals surface area contributed by atoms with Gasteiger partial charge in [0.05, 0.1) is 0 Å². The van der Waals surface area contributed by atoms with Crippen molar-refractivity contribution in [1.82, 2.24) is 4.57 Å². The number of fused-ring (bicyclic) bond motifs is 2. The van der Waals surface area contributed by atoms with Crippen LogP contribution in [0.15, 0.2) is 157 Å². The van der Waals surface area contributed by atoms with Gasteiger partial charge >= 0.3 is 0 Å². The minimum Gasteiger partial charge on any atom is -0.305 e. The van der Waals surface area contributed by atoms with E-state index in [1.165, 1.54) is 67.6 Å². The fraction of sp³-hybridized carbons (Fsp3) is 0.260. The van der Waals surface area contributed by atoms with Crippen LogP contribution in [-0.2, 0) is 0 Å². The van der Waals surface area contributed by atoms with Crippen LogP contribution in [0.2, 0.25) is 0 Å². The van der Waals surface area contributed by atoms with Crippen LogP contribution in [0.4, 0.5) is 0 Å². The lowest BCUT2D eigenvalue weighted by molar-refractivity contribution is 0.135. The smallest absolute Gasteiger partial charge is 0.144 e. The zero-order valence-corrected chi connectivity index (χ0v) is 31.7. The lowest BCUT2D eigenvalue weighted by atomic mass is 9.63. The number of pyridine rings is 1. The molecule has 2 nitrogen and oxygen atoms in total. The Morgan fingerprint density at radius 3 is 1.75 bits per heavy atom. The number of benzene rings is 5. The molecule has 2 fully saturated rings. The van der Waals surface area contributed by atoms with Crippen molar-refractivity contribution >= 4 is 16.5 Å². The Bertz CT molecular complexity index is 2390. The predicted molar refractivity (Wildman–Crippen MR) is 221 cm³/mol. The summed E-state index contributed by atoms with van der Waals surface area (Å²) in [4.78, 5) is 4.95. The largest absolute Gasteiger partial charge is 0.305 e. The molecule has 3 aliphatic rings. The van der Waals surface area contributed by atoms with Gasteiger partial charge < -0.3 is 4.57 Å². The fourth-order valence-corrected chi connectivity index (χ4v) is 10.2. The van der Waals surface area contributed by atoms with E-state index in [-0.39, 0.29) is 5.41 Å². The molecule has 5 aromatic carbocycles. The van der Waals surface area contributed by atoms with E-state index in [2.05, 4.69) is 193 Å². The molecule has 9 rings (SSSR count). The van der Waals surface area contributed by atoms with Gasteiger partial charge in [-0.15, -0.1) is 0 Å². The molecule has 0 spiro atoms. The summed E-state index contributed by atoms with van der Waals surface area (Å²) in [6.07, 6.45) is 5.27. The van der Waals surface area contributed by atoms with Gasteiger partial charge in [-0.05, 0) is 122 Å². The topological polar surface area (TPSA) is 17.3 Å². The zero-order chi connectivity index (χ0) is 36.4. The van der Waals surface area contributed by atoms with Crippen LogP contribution in [-0.4, -0.2) is 4.57 Å². The summed E-state index contributed by atoms with van der Waals surface area (Å²) < 4.78 is 2.39. The summed E-state index contributed by atoms with van der Waals surface area (Å²) in [6.45, 7) is 20.4. The lowest BCUT2D eigenvalue weighted by Gasteiger charge is -2.41. The van der Waals surface area contributed by atoms with Crippen molar-refractivity contribution in [3.05, 3.63) is 157 Å². The van der Waals surface area contributed by atoms with Crippen LogP contribution < -0.4 is 5.49 Å². The van der Waals surface area contributed by atoms with Crippen LogP contribution in [0.1, 0.15) is 54.9 Å². The van der Waals surface area contributed by atoms with Gasteiger partial charge in [0, 0.05) is 28.9 Å². The molecule has 0 radical (unpaired) electrons. The lowest BCUT2D eigenvalue weighted by Crippen LogP contribution is -2.35. The van der Waals surface area contributed by atoms with Crippen LogP contribution in [0, 0.1) is 28.1 Å². The molecule has 1 aromatic heterocycles. The number of hydrogen-bond donors (Lipinski definition) is 0. The maximum atomic E-state index is 4.95. The van der Waals surface area contributed by atoms with Crippen LogP contribution in [0.3, 0.4) is 0 Å². The highest BCUT2D eigenvalue weighted by atomic mass is 15.1. The van der Waals surface area contributed by atoms with Crippen molar-refractivity contribution in [3.8, 4) is 44.5 Å². The first-order valence-corrected chi connectivity index (χ1v) is 18.9. The number of nitrogens with zero attached hydrogens (tertiary/aromatic N) is 2. The van der Waals surface area contributed by atoms with Crippen molar-refractivity contribution in [1.29, 1.82) is 0 Å². The predicted octanol–water partition coefficient (Wildman–Crippen LogP) is 13.3. The van der Waals surface area contributed by atoms with Gasteiger partial charge in [0.15, 0.2) is 0 Å². The Morgan fingerprint density at radius 1 is 0.654 bits per heavy atom. The Morgan fingerprint density at radius 2 is 1.17 bits per heavy atom. The third-order valence-electron chi connectivity index (χ3n) is 13.0. The zero-order valence-electron chi connectivity index (χ0n) is 31.7. The number of aromatic nitrogens is 1. The van der Waals surface area contributed by atoms with E-state index >= 15 is 0 Å². The maximum absolute atomic E-state index is 4.95. The monoisotopic (exact) mass is 678 g/mol. The maximum Gasteiger partial charge on any atom is 0.144 e. The molecule has 0 N–H and O–H groups in total. The summed E-state index contributed by atoms with van der Waals surface area (Å²) in [5, 5.41) is 2.35. The molecule has 3 aliphatic carbocycles. The summed E-state index contributed by atoms with van der Waals surface area (Å²) in [6, 6.07) is 46.2. The van der Waals surface area contributed by atoms with E-state index in [9.17, 15) is 0 Å². The molecule has 0 aliphatic heterocycles. The fourth-order valence-electron chi connectivity index (χ4n) is 10.2. The Hall–Kier alpha value is -5.21. The Labute approximate surface area is 309 Å². The Kier molecular flexibility index (Phi) is 8.14. The Balaban J connectivity index is 0.000000922. The molecular formula is C50H50N2. The number of allylic oxidation sites excluding steroid dienone is 2. The molecule has 6 aromatic rings. The molecule has 0 bridgehead atoms. The molecule has 2 saturated carbocycles. The first kappa shape index (κ1) is 33.9. The van der Waals surface area contributed by atoms with Gasteiger partial charge in [-0.1, -0.05) is 145 Å². The van der Waals surface area contributed by atoms with Crippen molar-refractivity contribution in [3.63, 3.8) is 0 Å². The quantitative estimate of drug-likeness (QED) is 0.167. The van der Waals surface area contributed by atoms with Crippen LogP contribution in [0.5, 0.6) is 0 Å². The second kappa shape index (κ2) is 12.5. The van der Waals surface area contributed by atoms with Gasteiger partial charge in [-0.25, -0.2) is 4.99 Å². The molecule has 1 heterocycles. The van der Waals surface area contributed by atoms with E-state index in [0.717, 1.165) is 16.8 Å². The first-order chi connectivity index (χ1) is 25.0. The summed E-state index contributed by atoms with van der Waals surface area (Å²) >= 11 is 0. The third kappa shape index (κ3) is 4.87. The number of hydrogen-bond acceptors (Lipinski definition) is 1. The van der Waals surface area contributed by atoms with E-state index in [0.29, 0.717) is 16.7 Å². The minimum absolute atomic E-state index is 0.164. The third-order valence-corrected chi connectivity index (χ3v) is 13.0. The molecule has 0 saturated heterocycles. The van der Waals surface area contributed by atoms with Crippen molar-refractivity contribution < 1.29 is 0 Å². The molecule has 52 heavy (non-hydrogen) atoms. The molecular weight excluding hydrogens is 629 g/mol. The second-order valence-corrected chi connectivity index (χ2v) is 16.4. The normalized spacial score (nSPS) is 24.3. The highest BCUT2D eigenvalue weighted by molar-refractivity contribution is 5.97. The molecule has 260 valence electrons. The molecule has 0 amide bonds. The SMILES string of the molecule is C=CN=c1c2cccc(-c3cccc(-c4cc(-c5ccccc5)cc(-c5ccccc5)c4)c3)c2ccn1C1=C(C)C2CC3(C)C1(C)C23C.CC(C)C. The van der Waals surface area contributed by atoms with Gasteiger partial charge in [0.1, 0.15) is 5.49 Å². The minimum atomic E-state index is 0.164. The van der Waals surface area contributed by atoms with Gasteiger partial charge in [0.25, 0.3) is 0 Å². The molecule has 2 heteroatoms. The standard InChI is InChI=1S/C46H40N2.C4H10/c1-6-47-43-40-22-14-21-38(39(40)23-24-48(43)42-30(2)41-29-44(3)45(41,4)46(42,44)5)34-20-13-19-33(25-34)37-27-35(31-15-9-7-10-16-31)26-36(28-37)32-17-11-8-12-18-32;1-4(2)3/h6-28,41H,1,29H2,2-5H3;4H,1-3H3. The highest BCUT2D eigenvalue weighted by Gasteiger charge is 2.92. The van der Waals surface area contributed by atoms with E-state index in [1.807, 2.05) is 0 Å². The van der Waals surface area contributed by atoms with Crippen LogP contribution >= 0.6 is 0 Å². The van der Waals surface area contributed by atoms with Gasteiger partial charge in [-0.2, -0.15) is 0 Å². The highest BCUT2D eigenvalue weighted by Crippen LogP contribution is 2.98. The van der Waals surface area contributed by atoms with E-state index in [4.69, 9.17) is 4.99 Å².